The van der Waals surface area contributed by atoms with E-state index in [1.54, 1.807) is 0 Å². The van der Waals surface area contributed by atoms with Crippen molar-refractivity contribution in [3.63, 3.8) is 0 Å². The van der Waals surface area contributed by atoms with E-state index in [0.29, 0.717) is 13.2 Å². The molecular weight excluding hydrogens is 396 g/mol. The lowest BCUT2D eigenvalue weighted by atomic mass is 10.3. The first-order chi connectivity index (χ1) is 13.7. The third-order valence-corrected chi connectivity index (χ3v) is 11.8. The van der Waals surface area contributed by atoms with Crippen LogP contribution in [-0.4, -0.2) is 29.8 Å². The second-order valence-electron chi connectivity index (χ2n) is 8.71. The molecule has 0 atom stereocenters. The summed E-state index contributed by atoms with van der Waals surface area (Å²) >= 11 is 0. The first-order valence-electron chi connectivity index (χ1n) is 10.3. The Kier molecular flexibility index (Phi) is 8.61. The molecule has 0 amide bonds. The second kappa shape index (κ2) is 10.7. The van der Waals surface area contributed by atoms with Crippen LogP contribution in [0.25, 0.3) is 0 Å². The van der Waals surface area contributed by atoms with Gasteiger partial charge in [-0.05, 0) is 99.6 Å². The van der Waals surface area contributed by atoms with Gasteiger partial charge in [0, 0.05) is 11.4 Å². The number of hydrogen-bond donors (Lipinski definition) is 2. The lowest BCUT2D eigenvalue weighted by molar-refractivity contribution is 0.310. The molecular formula is C22H36N2O3Si2. The van der Waals surface area contributed by atoms with Crippen LogP contribution in [0.2, 0.25) is 38.3 Å². The SMILES string of the molecule is C[Si](C)(C)O[Si](C)(CCCOc1ccc(N)cc1)CCCOc1ccc(N)cc1. The molecule has 4 N–H and O–H groups in total. The van der Waals surface area contributed by atoms with Crippen LogP contribution in [-0.2, 0) is 4.12 Å². The lowest BCUT2D eigenvalue weighted by Crippen LogP contribution is -2.45. The molecule has 0 unspecified atom stereocenters. The molecule has 0 bridgehead atoms. The van der Waals surface area contributed by atoms with Gasteiger partial charge in [-0.2, -0.15) is 0 Å². The Labute approximate surface area is 177 Å². The lowest BCUT2D eigenvalue weighted by Gasteiger charge is -2.35. The van der Waals surface area contributed by atoms with Crippen molar-refractivity contribution >= 4 is 28.0 Å². The highest BCUT2D eigenvalue weighted by Gasteiger charge is 2.33. The molecule has 2 rings (SSSR count). The standard InChI is InChI=1S/C22H36N2O3Si2/c1-28(2,3)27-29(4,17-5-15-25-21-11-7-19(23)8-12-21)18-6-16-26-22-13-9-20(24)10-14-22/h7-14H,5-6,15-18,23-24H2,1-4H3. The highest BCUT2D eigenvalue weighted by Crippen LogP contribution is 2.26. The Hall–Kier alpha value is -1.97. The van der Waals surface area contributed by atoms with E-state index in [-0.39, 0.29) is 0 Å². The fraction of sp³-hybridized carbons (Fsp3) is 0.455. The van der Waals surface area contributed by atoms with Gasteiger partial charge in [-0.3, -0.25) is 0 Å². The topological polar surface area (TPSA) is 79.7 Å². The molecule has 0 heterocycles. The molecule has 0 saturated carbocycles. The van der Waals surface area contributed by atoms with Crippen molar-refractivity contribution in [3.8, 4) is 11.5 Å². The zero-order valence-corrected chi connectivity index (χ0v) is 20.2. The molecule has 7 heteroatoms. The molecule has 29 heavy (non-hydrogen) atoms. The number of hydrogen-bond acceptors (Lipinski definition) is 5. The Balaban J connectivity index is 1.79. The van der Waals surface area contributed by atoms with E-state index in [0.717, 1.165) is 47.8 Å². The van der Waals surface area contributed by atoms with Gasteiger partial charge in [-0.25, -0.2) is 0 Å². The van der Waals surface area contributed by atoms with Crippen LogP contribution in [0.1, 0.15) is 12.8 Å². The zero-order valence-electron chi connectivity index (χ0n) is 18.2. The van der Waals surface area contributed by atoms with E-state index in [2.05, 4.69) is 26.2 Å². The third-order valence-electron chi connectivity index (χ3n) is 4.55. The van der Waals surface area contributed by atoms with Crippen molar-refractivity contribution in [2.24, 2.45) is 0 Å². The molecule has 0 fully saturated rings. The van der Waals surface area contributed by atoms with Gasteiger partial charge in [0.2, 0.25) is 0 Å². The van der Waals surface area contributed by atoms with E-state index in [1.165, 1.54) is 0 Å². The normalized spacial score (nSPS) is 12.0. The van der Waals surface area contributed by atoms with Gasteiger partial charge in [-0.15, -0.1) is 0 Å². The molecule has 2 aromatic carbocycles. The quantitative estimate of drug-likeness (QED) is 0.262. The van der Waals surface area contributed by atoms with E-state index in [9.17, 15) is 0 Å². The second-order valence-corrected chi connectivity index (χ2v) is 17.6. The van der Waals surface area contributed by atoms with Gasteiger partial charge in [0.1, 0.15) is 11.5 Å². The Morgan fingerprint density at radius 3 is 1.38 bits per heavy atom. The maximum absolute atomic E-state index is 6.69. The van der Waals surface area contributed by atoms with Gasteiger partial charge in [0.05, 0.1) is 13.2 Å². The first kappa shape index (κ1) is 23.3. The van der Waals surface area contributed by atoms with Crippen LogP contribution >= 0.6 is 0 Å². The summed E-state index contributed by atoms with van der Waals surface area (Å²) < 4.78 is 18.4. The number of nitrogen functional groups attached to an aromatic ring is 2. The summed E-state index contributed by atoms with van der Waals surface area (Å²) in [6.07, 6.45) is 1.99. The Bertz CT molecular complexity index is 678. The zero-order chi connectivity index (χ0) is 21.3. The summed E-state index contributed by atoms with van der Waals surface area (Å²) in [4.78, 5) is 0. The smallest absolute Gasteiger partial charge is 0.176 e. The summed E-state index contributed by atoms with van der Waals surface area (Å²) in [5.74, 6) is 1.73. The molecule has 0 radical (unpaired) electrons. The molecule has 0 aromatic heterocycles. The van der Waals surface area contributed by atoms with Crippen LogP contribution in [0.5, 0.6) is 11.5 Å². The summed E-state index contributed by atoms with van der Waals surface area (Å²) in [5, 5.41) is 0. The van der Waals surface area contributed by atoms with Crippen LogP contribution in [0.4, 0.5) is 11.4 Å². The van der Waals surface area contributed by atoms with E-state index in [1.807, 2.05) is 48.5 Å². The third kappa shape index (κ3) is 9.38. The maximum Gasteiger partial charge on any atom is 0.176 e. The largest absolute Gasteiger partial charge is 0.494 e. The van der Waals surface area contributed by atoms with E-state index >= 15 is 0 Å². The van der Waals surface area contributed by atoms with Gasteiger partial charge >= 0.3 is 0 Å². The highest BCUT2D eigenvalue weighted by molar-refractivity contribution is 6.84. The summed E-state index contributed by atoms with van der Waals surface area (Å²) in [7, 11) is -3.42. The Morgan fingerprint density at radius 1 is 0.655 bits per heavy atom. The van der Waals surface area contributed by atoms with E-state index in [4.69, 9.17) is 25.1 Å². The number of ether oxygens (including phenoxy) is 2. The number of nitrogens with two attached hydrogens (primary N) is 2. The summed E-state index contributed by atoms with van der Waals surface area (Å²) in [5.41, 5.74) is 12.9. The van der Waals surface area contributed by atoms with Crippen molar-refractivity contribution in [1.29, 1.82) is 0 Å². The average Bonchev–Trinajstić information content (AvgIpc) is 2.64. The maximum atomic E-state index is 6.69. The summed E-state index contributed by atoms with van der Waals surface area (Å²) in [6.45, 7) is 10.6. The van der Waals surface area contributed by atoms with Crippen molar-refractivity contribution in [3.05, 3.63) is 48.5 Å². The molecule has 0 spiro atoms. The minimum absolute atomic E-state index is 0.698. The first-order valence-corrected chi connectivity index (χ1v) is 16.6. The van der Waals surface area contributed by atoms with Crippen LogP contribution < -0.4 is 20.9 Å². The molecule has 0 saturated heterocycles. The predicted octanol–water partition coefficient (Wildman–Crippen LogP) is 5.52. The minimum atomic E-state index is -1.82. The number of rotatable bonds is 12. The van der Waals surface area contributed by atoms with Crippen molar-refractivity contribution < 1.29 is 13.6 Å². The van der Waals surface area contributed by atoms with Crippen LogP contribution in [0.3, 0.4) is 0 Å². The molecule has 0 aliphatic rings. The van der Waals surface area contributed by atoms with Crippen molar-refractivity contribution in [2.45, 2.75) is 51.1 Å². The number of anilines is 2. The highest BCUT2D eigenvalue weighted by atomic mass is 28.4. The van der Waals surface area contributed by atoms with Gasteiger partial charge in [0.15, 0.2) is 16.6 Å². The fourth-order valence-corrected chi connectivity index (χ4v) is 12.1. The molecule has 0 aliphatic carbocycles. The van der Waals surface area contributed by atoms with Crippen LogP contribution in [0, 0.1) is 0 Å². The van der Waals surface area contributed by atoms with Crippen molar-refractivity contribution in [1.82, 2.24) is 0 Å². The fourth-order valence-electron chi connectivity index (χ4n) is 3.37. The van der Waals surface area contributed by atoms with Gasteiger partial charge < -0.3 is 25.1 Å². The molecule has 5 nitrogen and oxygen atoms in total. The van der Waals surface area contributed by atoms with Gasteiger partial charge in [0.25, 0.3) is 0 Å². The number of benzene rings is 2. The minimum Gasteiger partial charge on any atom is -0.494 e. The monoisotopic (exact) mass is 432 g/mol. The molecule has 2 aromatic rings. The Morgan fingerprint density at radius 2 is 1.03 bits per heavy atom. The molecule has 0 aliphatic heterocycles. The van der Waals surface area contributed by atoms with Gasteiger partial charge in [-0.1, -0.05) is 0 Å². The summed E-state index contributed by atoms with van der Waals surface area (Å²) in [6, 6.07) is 17.3. The average molecular weight is 433 g/mol. The van der Waals surface area contributed by atoms with Crippen LogP contribution in [0.15, 0.2) is 48.5 Å². The predicted molar refractivity (Wildman–Crippen MR) is 128 cm³/mol. The molecule has 160 valence electrons. The van der Waals surface area contributed by atoms with E-state index < -0.39 is 16.6 Å². The van der Waals surface area contributed by atoms with Crippen molar-refractivity contribution in [2.75, 3.05) is 24.7 Å².